The molecule has 622 valence electrons. The number of halogens is 3. The maximum atomic E-state index is 15.0. The molecule has 2 saturated carbocycles. The van der Waals surface area contributed by atoms with Gasteiger partial charge in [0.1, 0.15) is 73.2 Å². The van der Waals surface area contributed by atoms with Gasteiger partial charge in [-0.05, 0) is 139 Å². The molecule has 5 heterocycles. The molecule has 0 bridgehead atoms. The number of aliphatic hydroxyl groups excluding tert-OH is 2. The van der Waals surface area contributed by atoms with Crippen LogP contribution in [0.3, 0.4) is 0 Å². The first-order valence-corrected chi connectivity index (χ1v) is 39.3. The zero-order valence-corrected chi connectivity index (χ0v) is 64.1. The topological polar surface area (TPSA) is 522 Å². The van der Waals surface area contributed by atoms with Gasteiger partial charge in [0.2, 0.25) is 65.0 Å². The Hall–Kier alpha value is -9.12. The Balaban J connectivity index is 0.868. The van der Waals surface area contributed by atoms with E-state index in [0.717, 1.165) is 23.3 Å². The molecule has 0 spiro atoms. The largest absolute Gasteiger partial charge is 0.531 e. The number of amides is 11. The SMILES string of the molecule is C[N+](C)(Cc1cn(CC(=O)NC2CCN(CC(=O)N[C@@H](CCCCN)C(=O)N[C@@H](CCCCN)C(=O)N[C@@H](CCCN=C(N)N)C(=O)N3CCC[C@H]3C(=O)N3C[C@H](O)C[C@H]3C(=O)NCC(=O)N[C@H](C(=O)N[C@@H](CO)C(=O)N3Cc4ccccc4C[C@@H]3C(=O)N[C@H](C(=O)O)C3CCCC3)C3CCCC3)CC2)nn1)C[B-](F)(F)[18F]. The van der Waals surface area contributed by atoms with E-state index in [0.29, 0.717) is 114 Å². The number of piperidine rings is 1. The van der Waals surface area contributed by atoms with Crippen LogP contribution >= 0.6 is 0 Å². The van der Waals surface area contributed by atoms with E-state index in [2.05, 4.69) is 57.8 Å². The Morgan fingerprint density at radius 2 is 1.23 bits per heavy atom. The number of fused-ring (bicyclic) bond motifs is 1. The summed E-state index contributed by atoms with van der Waals surface area (Å²) in [6.45, 7) is -6.05. The monoisotopic (exact) mass is 1580 g/mol. The van der Waals surface area contributed by atoms with Crippen LogP contribution in [0.15, 0.2) is 35.5 Å². The minimum Gasteiger partial charge on any atom is -0.480 e. The van der Waals surface area contributed by atoms with Crippen LogP contribution in [0.4, 0.5) is 12.9 Å². The van der Waals surface area contributed by atoms with Gasteiger partial charge in [-0.3, -0.25) is 62.6 Å². The number of carbonyl (C=O) groups excluding carboxylic acids is 11. The van der Waals surface area contributed by atoms with Crippen LogP contribution in [0, 0.1) is 11.8 Å². The number of quaternary nitrogens is 1. The van der Waals surface area contributed by atoms with Gasteiger partial charge in [0, 0.05) is 58.2 Å². The van der Waals surface area contributed by atoms with Gasteiger partial charge < -0.3 is 113 Å². The van der Waals surface area contributed by atoms with Crippen LogP contribution in [0.5, 0.6) is 0 Å². The quantitative estimate of drug-likeness (QED) is 0.0101. The molecule has 4 aliphatic heterocycles. The van der Waals surface area contributed by atoms with Gasteiger partial charge >= 0.3 is 12.9 Å². The summed E-state index contributed by atoms with van der Waals surface area (Å²) in [6.07, 6.45) is 7.62. The molecule has 0 radical (unpaired) electrons. The van der Waals surface area contributed by atoms with E-state index >= 15 is 0 Å². The number of hydrogen-bond acceptors (Lipinski definition) is 20. The standard InChI is InChI=1S/C72H115BF3N21O15/c1-97(2,43-73(74,75)76)41-49-37-93(91-90-49)40-60(102)83-48-25-31-92(32-26-48)39-59(101)84-51(21-9-11-27-77)63(103)85-52(22-10-12-28-78)64(104)86-53(23-13-29-81-72(79)80)68(108)94-30-14-24-55(94)70(110)96-38-50(99)34-57(96)65(105)82-35-58(100)88-61(44-15-3-4-16-44)67(107)87-54(42-98)69(109)95-36-47-20-8-7-19-46(47)33-56(95)66(106)89-62(71(111)112)45-17-5-6-18-45/h7-8,19-20,37,44-45,48,50-57,61-62,98-99H,3-6,9-18,21-36,38-43,77-78H2,1-2H3,(H,82,105)(H,83,102)(H,84,101)(H,85,103)(H,86,104)(H,87,107)(H,88,100)(H,89,106)(H,111,112)(H4,79,80,81)/t50-,51+,52+,53+,54+,55+,56-,57+,61+,62+/m1/s1/i74-1. The molecule has 8 rings (SSSR count). The Morgan fingerprint density at radius 3 is 1.85 bits per heavy atom. The normalized spacial score (nSPS) is 20.8. The predicted molar refractivity (Wildman–Crippen MR) is 402 cm³/mol. The summed E-state index contributed by atoms with van der Waals surface area (Å²) in [6, 6.07) is -4.72. The van der Waals surface area contributed by atoms with Gasteiger partial charge in [0.25, 0.3) is 0 Å². The van der Waals surface area contributed by atoms with Crippen LogP contribution in [0.1, 0.15) is 152 Å². The number of rotatable bonds is 41. The number of aliphatic hydroxyl groups is 2. The van der Waals surface area contributed by atoms with Gasteiger partial charge in [0.15, 0.2) is 5.96 Å². The van der Waals surface area contributed by atoms with Crippen LogP contribution in [-0.4, -0.2) is 291 Å². The molecule has 1 aromatic heterocycles. The van der Waals surface area contributed by atoms with Crippen molar-refractivity contribution >= 4 is 83.9 Å². The van der Waals surface area contributed by atoms with Gasteiger partial charge in [-0.25, -0.2) is 9.48 Å². The second-order valence-corrected chi connectivity index (χ2v) is 31.2. The highest BCUT2D eigenvalue weighted by atomic mass is 19.3. The van der Waals surface area contributed by atoms with Crippen molar-refractivity contribution in [3.63, 3.8) is 0 Å². The summed E-state index contributed by atoms with van der Waals surface area (Å²) in [5.74, 6) is -9.91. The fourth-order valence-corrected chi connectivity index (χ4v) is 16.2. The molecule has 6 aliphatic rings. The summed E-state index contributed by atoms with van der Waals surface area (Å²) in [4.78, 5) is 179. The van der Waals surface area contributed by atoms with Crippen LogP contribution in [-0.2, 0) is 83.6 Å². The lowest BCUT2D eigenvalue weighted by Crippen LogP contribution is -2.62. The molecule has 2 aromatic rings. The summed E-state index contributed by atoms with van der Waals surface area (Å²) < 4.78 is 40.4. The number of unbranched alkanes of at least 4 members (excludes halogenated alkanes) is 2. The molecule has 5 fully saturated rings. The fourth-order valence-electron chi connectivity index (χ4n) is 16.2. The Kier molecular flexibility index (Phi) is 33.3. The molecule has 36 nitrogen and oxygen atoms in total. The lowest BCUT2D eigenvalue weighted by atomic mass is 9.89. The van der Waals surface area contributed by atoms with E-state index in [-0.39, 0.29) is 126 Å². The van der Waals surface area contributed by atoms with E-state index < -0.39 is 158 Å². The van der Waals surface area contributed by atoms with Crippen molar-refractivity contribution in [1.82, 2.24) is 77.1 Å². The molecular weight excluding hydrogens is 1470 g/mol. The second kappa shape index (κ2) is 42.1. The average Bonchev–Trinajstić information content (AvgIpc) is 1.35. The highest BCUT2D eigenvalue weighted by molar-refractivity contribution is 6.58. The molecule has 10 atom stereocenters. The number of hydrogen-bond donors (Lipinski definition) is 15. The minimum absolute atomic E-state index is 0.0258. The van der Waals surface area contributed by atoms with E-state index in [1.54, 1.807) is 24.3 Å². The number of nitrogens with zero attached hydrogens (tertiary/aromatic N) is 9. The molecule has 1 aromatic carbocycles. The molecule has 11 amide bonds. The first kappa shape index (κ1) is 88.4. The lowest BCUT2D eigenvalue weighted by Gasteiger charge is -2.38. The third-order valence-electron chi connectivity index (χ3n) is 21.9. The van der Waals surface area contributed by atoms with Crippen molar-refractivity contribution in [2.75, 3.05) is 86.0 Å². The minimum atomic E-state index is -5.04. The second-order valence-electron chi connectivity index (χ2n) is 31.2. The Bertz CT molecular complexity index is 3610. The summed E-state index contributed by atoms with van der Waals surface area (Å²) >= 11 is 0. The van der Waals surface area contributed by atoms with Crippen molar-refractivity contribution in [3.05, 3.63) is 47.3 Å². The van der Waals surface area contributed by atoms with Crippen molar-refractivity contribution in [2.45, 2.75) is 227 Å². The van der Waals surface area contributed by atoms with Crippen LogP contribution in [0.25, 0.3) is 0 Å². The number of aliphatic carboxylic acids is 1. The molecular formula is C72H115BF3N21O15. The Labute approximate surface area is 649 Å². The van der Waals surface area contributed by atoms with Gasteiger partial charge in [-0.1, -0.05) is 55.2 Å². The number of carboxylic acid groups (broad SMARTS) is 1. The van der Waals surface area contributed by atoms with Gasteiger partial charge in [0.05, 0.1) is 52.5 Å². The van der Waals surface area contributed by atoms with Crippen LogP contribution < -0.4 is 65.5 Å². The zero-order valence-electron chi connectivity index (χ0n) is 64.1. The number of aliphatic imine (C=N–C) groups is 1. The number of likely N-dealkylation sites (tertiary alicyclic amines) is 3. The van der Waals surface area contributed by atoms with Crippen molar-refractivity contribution < 1.29 is 90.3 Å². The van der Waals surface area contributed by atoms with E-state index in [4.69, 9.17) is 22.9 Å². The van der Waals surface area contributed by atoms with Crippen molar-refractivity contribution in [3.8, 4) is 0 Å². The van der Waals surface area contributed by atoms with Gasteiger partial charge in [-0.15, -0.1) is 5.10 Å². The number of carboxylic acids is 1. The van der Waals surface area contributed by atoms with Gasteiger partial charge in [-0.2, -0.15) is 0 Å². The van der Waals surface area contributed by atoms with Crippen molar-refractivity contribution in [1.29, 1.82) is 0 Å². The summed E-state index contributed by atoms with van der Waals surface area (Å²) in [7, 11) is 2.86. The molecule has 3 saturated heterocycles. The predicted octanol–water partition coefficient (Wildman–Crippen LogP) is -3.48. The molecule has 2 aliphatic carbocycles. The number of carbonyl (C=O) groups is 12. The molecule has 40 heteroatoms. The highest BCUT2D eigenvalue weighted by Gasteiger charge is 2.48. The number of guanidine groups is 1. The number of β-amino-alcohol motifs (C(OH)–C–C–N with tert-alkyl or cyclic N) is 1. The van der Waals surface area contributed by atoms with E-state index in [9.17, 15) is 85.8 Å². The maximum Gasteiger partial charge on any atom is 0.531 e. The number of nitrogens with one attached hydrogen (secondary N) is 8. The Morgan fingerprint density at radius 1 is 0.634 bits per heavy atom. The lowest BCUT2D eigenvalue weighted by molar-refractivity contribution is -0.895. The first-order chi connectivity index (χ1) is 53.3. The van der Waals surface area contributed by atoms with Crippen LogP contribution in [0.2, 0.25) is 0 Å². The molecule has 112 heavy (non-hydrogen) atoms. The molecule has 19 N–H and O–H groups in total. The van der Waals surface area contributed by atoms with E-state index in [1.807, 2.05) is 4.90 Å². The first-order valence-electron chi connectivity index (χ1n) is 39.3. The average molecular weight is 1580 g/mol. The summed E-state index contributed by atoms with van der Waals surface area (Å²) in [5.41, 5.74) is 24.7. The number of benzene rings is 1. The smallest absolute Gasteiger partial charge is 0.480 e. The molecule has 0 unspecified atom stereocenters. The zero-order chi connectivity index (χ0) is 81.4. The van der Waals surface area contributed by atoms with Crippen molar-refractivity contribution in [2.24, 2.45) is 39.8 Å². The number of aromatic nitrogens is 3. The third-order valence-corrected chi connectivity index (χ3v) is 21.9. The number of nitrogens with two attached hydrogens (primary N) is 4. The van der Waals surface area contributed by atoms with E-state index in [1.165, 1.54) is 34.8 Å². The maximum absolute atomic E-state index is 15.0. The highest BCUT2D eigenvalue weighted by Crippen LogP contribution is 2.32. The summed E-state index contributed by atoms with van der Waals surface area (Å²) in [5, 5.41) is 61.7. The third kappa shape index (κ3) is 26.2. The fraction of sp³-hybridized carbons (Fsp3) is 0.708.